The van der Waals surface area contributed by atoms with Gasteiger partial charge in [-0.15, -0.1) is 0 Å². The van der Waals surface area contributed by atoms with Crippen molar-refractivity contribution in [2.75, 3.05) is 11.9 Å². The zero-order chi connectivity index (χ0) is 24.1. The van der Waals surface area contributed by atoms with Crippen LogP contribution in [0.2, 0.25) is 5.02 Å². The maximum atomic E-state index is 6.55. The molecule has 0 amide bonds. The molecule has 1 N–H and O–H groups in total. The Balaban J connectivity index is 1.51. The van der Waals surface area contributed by atoms with Crippen molar-refractivity contribution in [3.8, 4) is 34.2 Å². The Hall–Kier alpha value is -4.48. The number of halogens is 1. The molecule has 0 atom stereocenters. The number of nitrogens with one attached hydrogen (secondary N) is 1. The van der Waals surface area contributed by atoms with Gasteiger partial charge in [0.1, 0.15) is 5.58 Å². The Bertz CT molecular complexity index is 1810. The smallest absolute Gasteiger partial charge is 0.201 e. The number of benzene rings is 4. The molecule has 0 aliphatic carbocycles. The van der Waals surface area contributed by atoms with Gasteiger partial charge in [-0.25, -0.2) is 15.0 Å². The molecular weight excluding hydrogens is 468 g/mol. The first kappa shape index (κ1) is 20.9. The average molecular weight is 487 g/mol. The van der Waals surface area contributed by atoms with Crippen molar-refractivity contribution in [3.05, 3.63) is 102 Å². The number of furan rings is 1. The number of fused-ring (bicyclic) bond motifs is 4. The van der Waals surface area contributed by atoms with Gasteiger partial charge < -0.3 is 9.73 Å². The minimum Gasteiger partial charge on any atom is -0.440 e. The van der Waals surface area contributed by atoms with Gasteiger partial charge >= 0.3 is 0 Å². The topological polar surface area (TPSA) is 63.8 Å². The molecule has 0 radical (unpaired) electrons. The highest BCUT2D eigenvalue weighted by molar-refractivity contribution is 6.32. The van der Waals surface area contributed by atoms with Gasteiger partial charge in [-0.3, -0.25) is 0 Å². The van der Waals surface area contributed by atoms with Crippen LogP contribution < -0.4 is 5.32 Å². The molecule has 1 aliphatic heterocycles. The fraction of sp³-hybridized carbons (Fsp3) is 0.0333. The monoisotopic (exact) mass is 486 g/mol. The lowest BCUT2D eigenvalue weighted by Crippen LogP contribution is -2.02. The summed E-state index contributed by atoms with van der Waals surface area (Å²) >= 11 is 6.55. The molecule has 0 unspecified atom stereocenters. The van der Waals surface area contributed by atoms with Crippen LogP contribution in [-0.2, 0) is 0 Å². The van der Waals surface area contributed by atoms with Gasteiger partial charge in [0.15, 0.2) is 17.5 Å². The Morgan fingerprint density at radius 3 is 2.33 bits per heavy atom. The summed E-state index contributed by atoms with van der Waals surface area (Å²) in [6, 6.07) is 28.2. The van der Waals surface area contributed by atoms with Gasteiger partial charge in [0.2, 0.25) is 5.88 Å². The van der Waals surface area contributed by atoms with Crippen LogP contribution >= 0.6 is 11.6 Å². The third-order valence-corrected chi connectivity index (χ3v) is 6.59. The fourth-order valence-electron chi connectivity index (χ4n) is 4.68. The van der Waals surface area contributed by atoms with Gasteiger partial charge in [0.25, 0.3) is 0 Å². The highest BCUT2D eigenvalue weighted by Crippen LogP contribution is 2.41. The molecule has 4 aromatic carbocycles. The minimum atomic E-state index is 0.544. The number of hydrogen-bond donors (Lipinski definition) is 1. The van der Waals surface area contributed by atoms with Crippen LogP contribution in [0.15, 0.2) is 95.4 Å². The summed E-state index contributed by atoms with van der Waals surface area (Å²) in [5.74, 6) is 2.47. The van der Waals surface area contributed by atoms with Crippen LogP contribution in [0.3, 0.4) is 0 Å². The normalized spacial score (nSPS) is 12.6. The summed E-state index contributed by atoms with van der Waals surface area (Å²) in [5, 5.41) is 7.07. The number of hydrogen-bond acceptors (Lipinski definition) is 5. The number of aromatic nitrogens is 3. The molecule has 5 nitrogen and oxygen atoms in total. The lowest BCUT2D eigenvalue weighted by Gasteiger charge is -2.11. The standard InChI is InChI=1S/C30H19ClN4O/c31-22-16-24(26-23-11-6-14-32-30(23)36-25(26)17-22)29-34-27(19-8-2-1-3-9-19)33-28(35-29)21-13-12-18-7-4-5-10-20(18)15-21/h1-13,15-17,32H,14H2. The third-order valence-electron chi connectivity index (χ3n) is 6.37. The predicted octanol–water partition coefficient (Wildman–Crippen LogP) is 7.86. The molecule has 6 heteroatoms. The minimum absolute atomic E-state index is 0.544. The predicted molar refractivity (Wildman–Crippen MR) is 146 cm³/mol. The van der Waals surface area contributed by atoms with E-state index in [2.05, 4.69) is 47.8 Å². The van der Waals surface area contributed by atoms with E-state index in [0.29, 0.717) is 34.6 Å². The van der Waals surface area contributed by atoms with E-state index in [1.54, 1.807) is 0 Å². The van der Waals surface area contributed by atoms with Gasteiger partial charge in [-0.05, 0) is 22.9 Å². The molecule has 6 aromatic rings. The van der Waals surface area contributed by atoms with Crippen molar-refractivity contribution in [1.82, 2.24) is 15.0 Å². The fourth-order valence-corrected chi connectivity index (χ4v) is 4.89. The van der Waals surface area contributed by atoms with E-state index >= 15 is 0 Å². The zero-order valence-corrected chi connectivity index (χ0v) is 19.8. The van der Waals surface area contributed by atoms with Crippen LogP contribution in [0.1, 0.15) is 5.56 Å². The summed E-state index contributed by atoms with van der Waals surface area (Å²) in [4.78, 5) is 14.8. The van der Waals surface area contributed by atoms with Crippen LogP contribution in [-0.4, -0.2) is 21.5 Å². The second kappa shape index (κ2) is 8.33. The molecule has 3 heterocycles. The molecule has 0 bridgehead atoms. The van der Waals surface area contributed by atoms with Gasteiger partial charge in [0, 0.05) is 45.3 Å². The van der Waals surface area contributed by atoms with Crippen LogP contribution in [0.5, 0.6) is 0 Å². The van der Waals surface area contributed by atoms with E-state index in [-0.39, 0.29) is 0 Å². The van der Waals surface area contributed by atoms with E-state index in [9.17, 15) is 0 Å². The van der Waals surface area contributed by atoms with Crippen molar-refractivity contribution in [2.45, 2.75) is 0 Å². The Kier molecular flexibility index (Phi) is 4.82. The molecule has 172 valence electrons. The van der Waals surface area contributed by atoms with Gasteiger partial charge in [-0.1, -0.05) is 90.5 Å². The van der Waals surface area contributed by atoms with Crippen LogP contribution in [0.4, 0.5) is 5.88 Å². The van der Waals surface area contributed by atoms with Crippen molar-refractivity contribution in [3.63, 3.8) is 0 Å². The second-order valence-corrected chi connectivity index (χ2v) is 9.13. The first-order valence-electron chi connectivity index (χ1n) is 11.7. The maximum Gasteiger partial charge on any atom is 0.201 e. The lowest BCUT2D eigenvalue weighted by atomic mass is 10.0. The summed E-state index contributed by atoms with van der Waals surface area (Å²) in [5.41, 5.74) is 4.30. The molecule has 36 heavy (non-hydrogen) atoms. The molecule has 0 spiro atoms. The van der Waals surface area contributed by atoms with E-state index in [4.69, 9.17) is 31.0 Å². The molecule has 7 rings (SSSR count). The molecular formula is C30H19ClN4O. The maximum absolute atomic E-state index is 6.55. The highest BCUT2D eigenvalue weighted by atomic mass is 35.5. The molecule has 1 aliphatic rings. The molecule has 0 fully saturated rings. The number of anilines is 1. The largest absolute Gasteiger partial charge is 0.440 e. The average Bonchev–Trinajstić information content (AvgIpc) is 3.30. The van der Waals surface area contributed by atoms with Gasteiger partial charge in [-0.2, -0.15) is 0 Å². The third kappa shape index (κ3) is 3.53. The first-order valence-corrected chi connectivity index (χ1v) is 12.1. The summed E-state index contributed by atoms with van der Waals surface area (Å²) in [6.45, 7) is 0.714. The van der Waals surface area contributed by atoms with Crippen molar-refractivity contribution in [1.29, 1.82) is 0 Å². The highest BCUT2D eigenvalue weighted by Gasteiger charge is 2.22. The first-order chi connectivity index (χ1) is 17.7. The van der Waals surface area contributed by atoms with Crippen LogP contribution in [0, 0.1) is 0 Å². The van der Waals surface area contributed by atoms with E-state index < -0.39 is 0 Å². The summed E-state index contributed by atoms with van der Waals surface area (Å²) < 4.78 is 6.09. The Morgan fingerprint density at radius 2 is 1.47 bits per heavy atom. The summed E-state index contributed by atoms with van der Waals surface area (Å²) in [6.07, 6.45) is 4.14. The second-order valence-electron chi connectivity index (χ2n) is 8.69. The Morgan fingerprint density at radius 1 is 0.722 bits per heavy atom. The quantitative estimate of drug-likeness (QED) is 0.276. The lowest BCUT2D eigenvalue weighted by molar-refractivity contribution is 0.628. The van der Waals surface area contributed by atoms with Crippen LogP contribution in [0.25, 0.3) is 62.0 Å². The molecule has 0 saturated heterocycles. The molecule has 2 aromatic heterocycles. The summed E-state index contributed by atoms with van der Waals surface area (Å²) in [7, 11) is 0. The van der Waals surface area contributed by atoms with E-state index in [0.717, 1.165) is 38.9 Å². The molecule has 0 saturated carbocycles. The van der Waals surface area contributed by atoms with Crippen molar-refractivity contribution in [2.24, 2.45) is 0 Å². The van der Waals surface area contributed by atoms with Crippen molar-refractivity contribution >= 4 is 45.3 Å². The van der Waals surface area contributed by atoms with E-state index in [1.165, 1.54) is 5.39 Å². The SMILES string of the molecule is Clc1cc(-c2nc(-c3ccccc3)nc(-c3ccc4ccccc4c3)n2)c2c3c(oc2c1)NCC=C3. The number of nitrogens with zero attached hydrogens (tertiary/aromatic N) is 3. The number of rotatable bonds is 3. The van der Waals surface area contributed by atoms with Gasteiger partial charge in [0.05, 0.1) is 0 Å². The van der Waals surface area contributed by atoms with Crippen molar-refractivity contribution < 1.29 is 4.42 Å². The zero-order valence-electron chi connectivity index (χ0n) is 19.1. The Labute approximate surface area is 212 Å². The van der Waals surface area contributed by atoms with E-state index in [1.807, 2.05) is 54.6 Å².